The average molecular weight is 412 g/mol. The molecule has 0 bridgehead atoms. The first-order valence-corrected chi connectivity index (χ1v) is 10.5. The highest BCUT2D eigenvalue weighted by Crippen LogP contribution is 2.22. The third kappa shape index (κ3) is 6.35. The molecular weight excluding hydrogens is 386 g/mol. The van der Waals surface area contributed by atoms with E-state index < -0.39 is 0 Å². The Morgan fingerprint density at radius 2 is 1.93 bits per heavy atom. The Bertz CT molecular complexity index is 954. The second-order valence-electron chi connectivity index (χ2n) is 6.78. The van der Waals surface area contributed by atoms with E-state index in [1.54, 1.807) is 18.9 Å². The van der Waals surface area contributed by atoms with Crippen LogP contribution in [0.25, 0.3) is 0 Å². The average Bonchev–Trinajstić information content (AvgIpc) is 3.14. The van der Waals surface area contributed by atoms with Gasteiger partial charge in [-0.1, -0.05) is 28.9 Å². The minimum atomic E-state index is -0.123. The lowest BCUT2D eigenvalue weighted by Crippen LogP contribution is -2.11. The molecule has 152 valence electrons. The zero-order valence-corrected chi connectivity index (χ0v) is 17.7. The van der Waals surface area contributed by atoms with Crippen LogP contribution < -0.4 is 10.1 Å². The summed E-state index contributed by atoms with van der Waals surface area (Å²) in [6, 6.07) is 14.3. The van der Waals surface area contributed by atoms with Crippen LogP contribution in [0.15, 0.2) is 51.8 Å². The van der Waals surface area contributed by atoms with Crippen molar-refractivity contribution in [2.75, 3.05) is 18.2 Å². The van der Waals surface area contributed by atoms with E-state index in [1.807, 2.05) is 24.3 Å². The Kier molecular flexibility index (Phi) is 7.30. The fourth-order valence-electron chi connectivity index (χ4n) is 2.86. The smallest absolute Gasteiger partial charge is 0.322 e. The molecule has 6 nitrogen and oxygen atoms in total. The van der Waals surface area contributed by atoms with Gasteiger partial charge in [0.05, 0.1) is 13.5 Å². The number of benzene rings is 2. The molecule has 0 fully saturated rings. The lowest BCUT2D eigenvalue weighted by molar-refractivity contribution is -0.116. The van der Waals surface area contributed by atoms with Crippen molar-refractivity contribution in [2.45, 2.75) is 38.0 Å². The lowest BCUT2D eigenvalue weighted by Gasteiger charge is -2.04. The van der Waals surface area contributed by atoms with Crippen molar-refractivity contribution >= 4 is 23.7 Å². The number of methoxy groups -OCH3 is 1. The number of aromatic nitrogens is 2. The quantitative estimate of drug-likeness (QED) is 0.403. The topological polar surface area (TPSA) is 77.2 Å². The summed E-state index contributed by atoms with van der Waals surface area (Å²) < 4.78 is 10.7. The molecule has 0 aliphatic heterocycles. The molecule has 1 amide bonds. The van der Waals surface area contributed by atoms with Gasteiger partial charge in [0.15, 0.2) is 0 Å². The van der Waals surface area contributed by atoms with E-state index in [2.05, 4.69) is 47.6 Å². The number of nitrogens with zero attached hydrogens (tertiary/aromatic N) is 2. The van der Waals surface area contributed by atoms with Crippen LogP contribution in [0.3, 0.4) is 0 Å². The first-order chi connectivity index (χ1) is 14.0. The number of amides is 1. The van der Waals surface area contributed by atoms with Crippen molar-refractivity contribution in [2.24, 2.45) is 0 Å². The van der Waals surface area contributed by atoms with Crippen LogP contribution in [0.2, 0.25) is 0 Å². The van der Waals surface area contributed by atoms with E-state index in [0.29, 0.717) is 18.7 Å². The molecule has 0 unspecified atom stereocenters. The molecule has 0 spiro atoms. The fourth-order valence-corrected chi connectivity index (χ4v) is 3.71. The number of anilines is 1. The van der Waals surface area contributed by atoms with Gasteiger partial charge in [-0.25, -0.2) is 0 Å². The summed E-state index contributed by atoms with van der Waals surface area (Å²) >= 11 is 1.71. The van der Waals surface area contributed by atoms with Gasteiger partial charge in [-0.2, -0.15) is 0 Å². The maximum absolute atomic E-state index is 12.1. The van der Waals surface area contributed by atoms with Gasteiger partial charge in [0.25, 0.3) is 0 Å². The first kappa shape index (κ1) is 20.9. The molecule has 1 aromatic heterocycles. The number of nitrogens with one attached hydrogen (secondary N) is 1. The van der Waals surface area contributed by atoms with Crippen molar-refractivity contribution < 1.29 is 13.9 Å². The van der Waals surface area contributed by atoms with Crippen molar-refractivity contribution in [3.63, 3.8) is 0 Å². The number of ether oxygens (including phenoxy) is 1. The number of hydrogen-bond donors (Lipinski definition) is 1. The highest BCUT2D eigenvalue weighted by Gasteiger charge is 2.11. The van der Waals surface area contributed by atoms with Crippen LogP contribution in [-0.2, 0) is 11.2 Å². The summed E-state index contributed by atoms with van der Waals surface area (Å²) in [5.74, 6) is 2.05. The molecule has 2 aromatic carbocycles. The molecule has 0 saturated heterocycles. The molecule has 0 aliphatic carbocycles. The van der Waals surface area contributed by atoms with Crippen LogP contribution in [-0.4, -0.2) is 29.0 Å². The molecule has 0 atom stereocenters. The molecule has 1 heterocycles. The van der Waals surface area contributed by atoms with Gasteiger partial charge < -0.3 is 9.15 Å². The fraction of sp³-hybridized carbons (Fsp3) is 0.318. The van der Waals surface area contributed by atoms with Crippen LogP contribution in [0.1, 0.15) is 35.4 Å². The van der Waals surface area contributed by atoms with Gasteiger partial charge in [0.2, 0.25) is 11.8 Å². The van der Waals surface area contributed by atoms with E-state index in [-0.39, 0.29) is 11.9 Å². The Morgan fingerprint density at radius 3 is 2.66 bits per heavy atom. The molecule has 0 radical (unpaired) electrons. The van der Waals surface area contributed by atoms with Gasteiger partial charge >= 0.3 is 6.01 Å². The largest absolute Gasteiger partial charge is 0.497 e. The zero-order valence-electron chi connectivity index (χ0n) is 16.9. The number of thioether (sulfide) groups is 1. The van der Waals surface area contributed by atoms with Gasteiger partial charge in [-0.05, 0) is 61.4 Å². The van der Waals surface area contributed by atoms with Crippen LogP contribution in [0, 0.1) is 13.8 Å². The van der Waals surface area contributed by atoms with E-state index >= 15 is 0 Å². The van der Waals surface area contributed by atoms with Gasteiger partial charge in [0.1, 0.15) is 5.75 Å². The predicted molar refractivity (Wildman–Crippen MR) is 115 cm³/mol. The van der Waals surface area contributed by atoms with Crippen molar-refractivity contribution in [3.8, 4) is 5.75 Å². The van der Waals surface area contributed by atoms with Crippen molar-refractivity contribution in [1.82, 2.24) is 10.2 Å². The summed E-state index contributed by atoms with van der Waals surface area (Å²) in [7, 11) is 1.65. The number of rotatable bonds is 9. The van der Waals surface area contributed by atoms with E-state index in [0.717, 1.165) is 28.4 Å². The second-order valence-corrected chi connectivity index (χ2v) is 7.95. The normalized spacial score (nSPS) is 10.7. The molecule has 0 saturated carbocycles. The van der Waals surface area contributed by atoms with Gasteiger partial charge in [0, 0.05) is 11.3 Å². The van der Waals surface area contributed by atoms with E-state index in [4.69, 9.17) is 9.15 Å². The zero-order chi connectivity index (χ0) is 20.6. The highest BCUT2D eigenvalue weighted by atomic mass is 32.2. The van der Waals surface area contributed by atoms with Crippen molar-refractivity contribution in [3.05, 3.63) is 65.0 Å². The van der Waals surface area contributed by atoms with Gasteiger partial charge in [-0.3, -0.25) is 10.1 Å². The summed E-state index contributed by atoms with van der Waals surface area (Å²) in [5.41, 5.74) is 3.53. The molecule has 7 heteroatoms. The van der Waals surface area contributed by atoms with E-state index in [9.17, 15) is 4.79 Å². The van der Waals surface area contributed by atoms with Crippen molar-refractivity contribution in [1.29, 1.82) is 0 Å². The number of carbonyl (C=O) groups excluding carboxylic acids is 1. The maximum atomic E-state index is 12.1. The Labute approximate surface area is 175 Å². The monoisotopic (exact) mass is 411 g/mol. The summed E-state index contributed by atoms with van der Waals surface area (Å²) in [6.07, 6.45) is 1.71. The summed E-state index contributed by atoms with van der Waals surface area (Å²) in [6.45, 7) is 4.12. The Morgan fingerprint density at radius 1 is 1.14 bits per heavy atom. The molecule has 29 heavy (non-hydrogen) atoms. The minimum Gasteiger partial charge on any atom is -0.497 e. The molecule has 1 N–H and O–H groups in total. The maximum Gasteiger partial charge on any atom is 0.322 e. The first-order valence-electron chi connectivity index (χ1n) is 9.48. The van der Waals surface area contributed by atoms with Crippen LogP contribution in [0.5, 0.6) is 5.75 Å². The van der Waals surface area contributed by atoms with Crippen LogP contribution >= 0.6 is 11.8 Å². The Hall–Kier alpha value is -2.80. The minimum absolute atomic E-state index is 0.123. The lowest BCUT2D eigenvalue weighted by atomic mass is 10.0. The summed E-state index contributed by atoms with van der Waals surface area (Å²) in [4.78, 5) is 13.3. The number of hydrogen-bond acceptors (Lipinski definition) is 6. The van der Waals surface area contributed by atoms with E-state index in [1.165, 1.54) is 11.1 Å². The second kappa shape index (κ2) is 10.1. The number of aryl methyl sites for hydroxylation is 2. The van der Waals surface area contributed by atoms with Crippen LogP contribution in [0.4, 0.5) is 6.01 Å². The summed E-state index contributed by atoms with van der Waals surface area (Å²) in [5, 5.41) is 10.6. The third-order valence-corrected chi connectivity index (χ3v) is 5.53. The Balaban J connectivity index is 1.41. The molecule has 3 aromatic rings. The SMILES string of the molecule is COc1ccc(SCCCC(=O)Nc2nnc(Cc3ccc(C)cc3C)o2)cc1. The standard InChI is InChI=1S/C22H25N3O3S/c1-15-6-7-17(16(2)13-15)14-21-24-25-22(28-21)23-20(26)5-4-12-29-19-10-8-18(27-3)9-11-19/h6-11,13H,4-5,12,14H2,1-3H3,(H,23,25,26). The highest BCUT2D eigenvalue weighted by molar-refractivity contribution is 7.99. The van der Waals surface area contributed by atoms with Gasteiger partial charge in [-0.15, -0.1) is 16.9 Å². The predicted octanol–water partition coefficient (Wildman–Crippen LogP) is 4.80. The third-order valence-electron chi connectivity index (χ3n) is 4.43. The molecule has 3 rings (SSSR count). The number of carbonyl (C=O) groups is 1. The molecule has 0 aliphatic rings. The molecular formula is C22H25N3O3S.